The van der Waals surface area contributed by atoms with Gasteiger partial charge in [-0.15, -0.1) is 0 Å². The summed E-state index contributed by atoms with van der Waals surface area (Å²) in [6.07, 6.45) is 1.77. The highest BCUT2D eigenvalue weighted by Crippen LogP contribution is 2.40. The molecule has 0 fully saturated rings. The van der Waals surface area contributed by atoms with E-state index in [1.165, 1.54) is 0 Å². The Morgan fingerprint density at radius 2 is 1.41 bits per heavy atom. The molecule has 110 valence electrons. The molecule has 2 unspecified atom stereocenters. The zero-order chi connectivity index (χ0) is 15.4. The molecule has 0 amide bonds. The number of hydrogen-bond donors (Lipinski definition) is 1. The van der Waals surface area contributed by atoms with Gasteiger partial charge in [-0.3, -0.25) is 4.98 Å². The van der Waals surface area contributed by atoms with E-state index in [2.05, 4.69) is 4.98 Å². The van der Waals surface area contributed by atoms with Crippen LogP contribution in [0.5, 0.6) is 0 Å². The number of aliphatic hydroxyl groups is 1. The summed E-state index contributed by atoms with van der Waals surface area (Å²) in [4.78, 5) is 4.49. The predicted octanol–water partition coefficient (Wildman–Crippen LogP) is 4.12. The van der Waals surface area contributed by atoms with Gasteiger partial charge in [-0.2, -0.15) is 0 Å². The Morgan fingerprint density at radius 1 is 0.818 bits per heavy atom. The van der Waals surface area contributed by atoms with E-state index < -0.39 is 5.60 Å². The van der Waals surface area contributed by atoms with Crippen molar-refractivity contribution in [1.29, 1.82) is 0 Å². The highest BCUT2D eigenvalue weighted by molar-refractivity contribution is 5.37. The van der Waals surface area contributed by atoms with Crippen LogP contribution in [0.1, 0.15) is 29.7 Å². The summed E-state index contributed by atoms with van der Waals surface area (Å²) in [6, 6.07) is 25.6. The molecule has 0 aliphatic carbocycles. The van der Waals surface area contributed by atoms with E-state index in [0.29, 0.717) is 0 Å². The molecule has 1 N–H and O–H groups in total. The highest BCUT2D eigenvalue weighted by atomic mass is 16.3. The molecule has 2 aromatic carbocycles. The van der Waals surface area contributed by atoms with E-state index >= 15 is 0 Å². The molecule has 0 bridgehead atoms. The van der Waals surface area contributed by atoms with E-state index in [9.17, 15) is 5.11 Å². The van der Waals surface area contributed by atoms with Crippen LogP contribution in [0.25, 0.3) is 0 Å². The highest BCUT2D eigenvalue weighted by Gasteiger charge is 2.36. The van der Waals surface area contributed by atoms with E-state index in [4.69, 9.17) is 0 Å². The van der Waals surface area contributed by atoms with Crippen LogP contribution in [0.3, 0.4) is 0 Å². The van der Waals surface area contributed by atoms with Gasteiger partial charge in [0.2, 0.25) is 0 Å². The second-order valence-electron chi connectivity index (χ2n) is 5.61. The SMILES string of the molecule is CC(O)(c1ccccc1)C(c1ccccc1)c1ccccn1. The predicted molar refractivity (Wildman–Crippen MR) is 88.5 cm³/mol. The first-order chi connectivity index (χ1) is 10.7. The third kappa shape index (κ3) is 2.78. The normalized spacial score (nSPS) is 15.0. The third-order valence-electron chi connectivity index (χ3n) is 4.04. The average Bonchev–Trinajstić information content (AvgIpc) is 2.58. The summed E-state index contributed by atoms with van der Waals surface area (Å²) in [6.45, 7) is 1.86. The van der Waals surface area contributed by atoms with Crippen molar-refractivity contribution in [3.63, 3.8) is 0 Å². The average molecular weight is 289 g/mol. The topological polar surface area (TPSA) is 33.1 Å². The van der Waals surface area contributed by atoms with Crippen molar-refractivity contribution < 1.29 is 5.11 Å². The first-order valence-electron chi connectivity index (χ1n) is 7.43. The van der Waals surface area contributed by atoms with Crippen molar-refractivity contribution in [2.75, 3.05) is 0 Å². The van der Waals surface area contributed by atoms with Crippen LogP contribution in [0.2, 0.25) is 0 Å². The summed E-state index contributed by atoms with van der Waals surface area (Å²) >= 11 is 0. The molecule has 2 nitrogen and oxygen atoms in total. The lowest BCUT2D eigenvalue weighted by Crippen LogP contribution is -2.31. The lowest BCUT2D eigenvalue weighted by molar-refractivity contribution is 0.0380. The second-order valence-corrected chi connectivity index (χ2v) is 5.61. The van der Waals surface area contributed by atoms with E-state index in [0.717, 1.165) is 16.8 Å². The van der Waals surface area contributed by atoms with Gasteiger partial charge in [-0.25, -0.2) is 0 Å². The number of rotatable bonds is 4. The molecule has 1 aromatic heterocycles. The van der Waals surface area contributed by atoms with Crippen molar-refractivity contribution >= 4 is 0 Å². The Hall–Kier alpha value is -2.45. The lowest BCUT2D eigenvalue weighted by Gasteiger charge is -2.33. The van der Waals surface area contributed by atoms with E-state index in [1.807, 2.05) is 85.8 Å². The van der Waals surface area contributed by atoms with Gasteiger partial charge in [-0.1, -0.05) is 66.7 Å². The van der Waals surface area contributed by atoms with Gasteiger partial charge in [0.25, 0.3) is 0 Å². The maximum Gasteiger partial charge on any atom is 0.0992 e. The van der Waals surface area contributed by atoms with Crippen LogP contribution in [0, 0.1) is 0 Å². The fraction of sp³-hybridized carbons (Fsp3) is 0.150. The maximum atomic E-state index is 11.3. The van der Waals surface area contributed by atoms with Crippen LogP contribution < -0.4 is 0 Å². The Labute approximate surface area is 131 Å². The monoisotopic (exact) mass is 289 g/mol. The molecule has 1 heterocycles. The first-order valence-corrected chi connectivity index (χ1v) is 7.43. The van der Waals surface area contributed by atoms with Crippen LogP contribution in [0.15, 0.2) is 85.1 Å². The fourth-order valence-corrected chi connectivity index (χ4v) is 2.92. The maximum absolute atomic E-state index is 11.3. The van der Waals surface area contributed by atoms with Gasteiger partial charge >= 0.3 is 0 Å². The largest absolute Gasteiger partial charge is 0.384 e. The van der Waals surface area contributed by atoms with E-state index in [-0.39, 0.29) is 5.92 Å². The third-order valence-corrected chi connectivity index (χ3v) is 4.04. The smallest absolute Gasteiger partial charge is 0.0992 e. The summed E-state index contributed by atoms with van der Waals surface area (Å²) < 4.78 is 0. The Morgan fingerprint density at radius 3 is 2.00 bits per heavy atom. The quantitative estimate of drug-likeness (QED) is 0.783. The molecular weight excluding hydrogens is 270 g/mol. The zero-order valence-electron chi connectivity index (χ0n) is 12.6. The van der Waals surface area contributed by atoms with Crippen molar-refractivity contribution in [1.82, 2.24) is 4.98 Å². The molecule has 0 spiro atoms. The van der Waals surface area contributed by atoms with Crippen LogP contribution in [-0.4, -0.2) is 10.1 Å². The summed E-state index contributed by atoms with van der Waals surface area (Å²) in [7, 11) is 0. The molecule has 0 aliphatic heterocycles. The van der Waals surface area contributed by atoms with Gasteiger partial charge in [0.05, 0.1) is 17.2 Å². The standard InChI is InChI=1S/C20H19NO/c1-20(22,17-12-6-3-7-13-17)19(16-10-4-2-5-11-16)18-14-8-9-15-21-18/h2-15,19,22H,1H3. The molecular formula is C20H19NO. The van der Waals surface area contributed by atoms with Gasteiger partial charge in [0.1, 0.15) is 0 Å². The fourth-order valence-electron chi connectivity index (χ4n) is 2.92. The molecule has 2 atom stereocenters. The number of nitrogens with zero attached hydrogens (tertiary/aromatic N) is 1. The summed E-state index contributed by atoms with van der Waals surface area (Å²) in [5, 5.41) is 11.3. The lowest BCUT2D eigenvalue weighted by atomic mass is 9.76. The minimum atomic E-state index is -1.04. The first kappa shape index (κ1) is 14.5. The van der Waals surface area contributed by atoms with Crippen LogP contribution in [0.4, 0.5) is 0 Å². The molecule has 22 heavy (non-hydrogen) atoms. The Kier molecular flexibility index (Phi) is 4.03. The molecule has 3 rings (SSSR count). The van der Waals surface area contributed by atoms with Crippen molar-refractivity contribution in [3.05, 3.63) is 102 Å². The summed E-state index contributed by atoms with van der Waals surface area (Å²) in [5.74, 6) is -0.225. The minimum absolute atomic E-state index is 0.225. The number of benzene rings is 2. The van der Waals surface area contributed by atoms with Gasteiger partial charge < -0.3 is 5.11 Å². The molecule has 0 saturated heterocycles. The van der Waals surface area contributed by atoms with Crippen LogP contribution >= 0.6 is 0 Å². The molecule has 0 saturated carbocycles. The second kappa shape index (κ2) is 6.12. The van der Waals surface area contributed by atoms with E-state index in [1.54, 1.807) is 6.20 Å². The van der Waals surface area contributed by atoms with Gasteiger partial charge in [-0.05, 0) is 30.2 Å². The molecule has 0 radical (unpaired) electrons. The van der Waals surface area contributed by atoms with Crippen molar-refractivity contribution in [3.8, 4) is 0 Å². The van der Waals surface area contributed by atoms with Crippen molar-refractivity contribution in [2.45, 2.75) is 18.4 Å². The number of aromatic nitrogens is 1. The van der Waals surface area contributed by atoms with Gasteiger partial charge in [0, 0.05) is 6.20 Å². The Bertz CT molecular complexity index is 669. The number of hydrogen-bond acceptors (Lipinski definition) is 2. The van der Waals surface area contributed by atoms with Crippen LogP contribution in [-0.2, 0) is 5.60 Å². The minimum Gasteiger partial charge on any atom is -0.384 e. The van der Waals surface area contributed by atoms with Gasteiger partial charge in [0.15, 0.2) is 0 Å². The zero-order valence-corrected chi connectivity index (χ0v) is 12.6. The molecule has 2 heteroatoms. The van der Waals surface area contributed by atoms with Crippen molar-refractivity contribution in [2.24, 2.45) is 0 Å². The molecule has 0 aliphatic rings. The Balaban J connectivity index is 2.14. The number of pyridine rings is 1. The molecule has 3 aromatic rings. The summed E-state index contributed by atoms with van der Waals surface area (Å²) in [5.41, 5.74) is 1.75.